The molecule has 0 unspecified atom stereocenters. The molecule has 1 aliphatic rings. The lowest BCUT2D eigenvalue weighted by atomic mass is 10.1. The minimum Gasteiger partial charge on any atom is -0.496 e. The molecule has 2 aromatic carbocycles. The van der Waals surface area contributed by atoms with Gasteiger partial charge in [-0.25, -0.2) is 4.39 Å². The van der Waals surface area contributed by atoms with Gasteiger partial charge in [0, 0.05) is 50.8 Å². The Hall–Kier alpha value is -2.54. The standard InChI is InChI=1S/C25H30FN3O2/c1-18-13-19(3-8-25(18)31-2)15-29-11-10-28(17-23(29)9-12-30)16-22-6-4-20-14-21(26)5-7-24(20)27-22/h3-8,13-14,23,30H,9-12,15-17H2,1-2H3/t23-/m0/s1. The van der Waals surface area contributed by atoms with Crippen LogP contribution in [0.5, 0.6) is 5.75 Å². The summed E-state index contributed by atoms with van der Waals surface area (Å²) < 4.78 is 18.8. The normalized spacial score (nSPS) is 17.9. The molecule has 1 N–H and O–H groups in total. The molecular formula is C25H30FN3O2. The van der Waals surface area contributed by atoms with Gasteiger partial charge >= 0.3 is 0 Å². The molecule has 0 spiro atoms. The van der Waals surface area contributed by atoms with Crippen LogP contribution in [0.15, 0.2) is 48.5 Å². The number of ether oxygens (including phenoxy) is 1. The van der Waals surface area contributed by atoms with Crippen LogP contribution in [-0.2, 0) is 13.1 Å². The highest BCUT2D eigenvalue weighted by molar-refractivity contribution is 5.78. The fraction of sp³-hybridized carbons (Fsp3) is 0.400. The molecule has 0 amide bonds. The van der Waals surface area contributed by atoms with E-state index in [0.29, 0.717) is 0 Å². The van der Waals surface area contributed by atoms with E-state index < -0.39 is 0 Å². The van der Waals surface area contributed by atoms with E-state index in [-0.39, 0.29) is 18.5 Å². The smallest absolute Gasteiger partial charge is 0.123 e. The molecule has 0 radical (unpaired) electrons. The molecule has 1 aliphatic heterocycles. The quantitative estimate of drug-likeness (QED) is 0.627. The summed E-state index contributed by atoms with van der Waals surface area (Å²) in [5.41, 5.74) is 4.21. The second-order valence-electron chi connectivity index (χ2n) is 8.32. The van der Waals surface area contributed by atoms with Gasteiger partial charge in [0.05, 0.1) is 18.3 Å². The molecule has 164 valence electrons. The van der Waals surface area contributed by atoms with E-state index in [0.717, 1.165) is 67.1 Å². The number of benzene rings is 2. The predicted octanol–water partition coefficient (Wildman–Crippen LogP) is 3.76. The van der Waals surface area contributed by atoms with Crippen LogP contribution in [0.3, 0.4) is 0 Å². The van der Waals surface area contributed by atoms with Gasteiger partial charge in [-0.1, -0.05) is 18.2 Å². The number of rotatable bonds is 7. The van der Waals surface area contributed by atoms with E-state index in [2.05, 4.69) is 28.9 Å². The maximum atomic E-state index is 13.4. The van der Waals surface area contributed by atoms with Gasteiger partial charge in [-0.05, 0) is 54.8 Å². The SMILES string of the molecule is COc1ccc(CN2CCN(Cc3ccc4cc(F)ccc4n3)C[C@@H]2CCO)cc1C. The van der Waals surface area contributed by atoms with Gasteiger partial charge < -0.3 is 9.84 Å². The van der Waals surface area contributed by atoms with Crippen LogP contribution in [0.1, 0.15) is 23.2 Å². The first-order valence-electron chi connectivity index (χ1n) is 10.8. The Labute approximate surface area is 183 Å². The van der Waals surface area contributed by atoms with Gasteiger partial charge in [0.2, 0.25) is 0 Å². The lowest BCUT2D eigenvalue weighted by Crippen LogP contribution is -2.52. The molecule has 1 aromatic heterocycles. The number of fused-ring (bicyclic) bond motifs is 1. The van der Waals surface area contributed by atoms with E-state index in [9.17, 15) is 9.50 Å². The van der Waals surface area contributed by atoms with Crippen LogP contribution in [-0.4, -0.2) is 59.3 Å². The zero-order chi connectivity index (χ0) is 21.8. The van der Waals surface area contributed by atoms with Crippen molar-refractivity contribution in [3.05, 3.63) is 71.2 Å². The van der Waals surface area contributed by atoms with E-state index in [1.54, 1.807) is 13.2 Å². The lowest BCUT2D eigenvalue weighted by Gasteiger charge is -2.41. The van der Waals surface area contributed by atoms with Crippen LogP contribution in [0.25, 0.3) is 10.9 Å². The highest BCUT2D eigenvalue weighted by Crippen LogP contribution is 2.23. The number of hydrogen-bond donors (Lipinski definition) is 1. The largest absolute Gasteiger partial charge is 0.496 e. The molecule has 0 saturated carbocycles. The van der Waals surface area contributed by atoms with Crippen LogP contribution in [0.2, 0.25) is 0 Å². The first-order chi connectivity index (χ1) is 15.1. The van der Waals surface area contributed by atoms with Crippen molar-refractivity contribution in [1.29, 1.82) is 0 Å². The molecule has 2 heterocycles. The van der Waals surface area contributed by atoms with Gasteiger partial charge in [0.25, 0.3) is 0 Å². The van der Waals surface area contributed by atoms with Crippen LogP contribution < -0.4 is 4.74 Å². The van der Waals surface area contributed by atoms with Crippen LogP contribution >= 0.6 is 0 Å². The third kappa shape index (κ3) is 5.21. The van der Waals surface area contributed by atoms with Crippen molar-refractivity contribution in [2.45, 2.75) is 32.5 Å². The first kappa shape index (κ1) is 21.7. The summed E-state index contributed by atoms with van der Waals surface area (Å²) in [5, 5.41) is 10.4. The molecule has 1 saturated heterocycles. The van der Waals surface area contributed by atoms with Crippen molar-refractivity contribution in [2.75, 3.05) is 33.4 Å². The highest BCUT2D eigenvalue weighted by atomic mass is 19.1. The van der Waals surface area contributed by atoms with Gasteiger partial charge in [0.1, 0.15) is 11.6 Å². The topological polar surface area (TPSA) is 48.8 Å². The van der Waals surface area contributed by atoms with Crippen molar-refractivity contribution in [2.24, 2.45) is 0 Å². The maximum Gasteiger partial charge on any atom is 0.123 e. The number of pyridine rings is 1. The fourth-order valence-electron chi connectivity index (χ4n) is 4.46. The maximum absolute atomic E-state index is 13.4. The van der Waals surface area contributed by atoms with Crippen LogP contribution in [0, 0.1) is 12.7 Å². The van der Waals surface area contributed by atoms with E-state index in [1.807, 2.05) is 18.2 Å². The number of piperazine rings is 1. The highest BCUT2D eigenvalue weighted by Gasteiger charge is 2.27. The number of hydrogen-bond acceptors (Lipinski definition) is 5. The minimum absolute atomic E-state index is 0.177. The summed E-state index contributed by atoms with van der Waals surface area (Å²) >= 11 is 0. The third-order valence-electron chi connectivity index (χ3n) is 6.09. The Morgan fingerprint density at radius 1 is 1.10 bits per heavy atom. The minimum atomic E-state index is -0.239. The Morgan fingerprint density at radius 2 is 1.97 bits per heavy atom. The number of aliphatic hydroxyl groups is 1. The second-order valence-corrected chi connectivity index (χ2v) is 8.32. The van der Waals surface area contributed by atoms with Gasteiger partial charge in [0.15, 0.2) is 0 Å². The Kier molecular flexibility index (Phi) is 6.80. The molecular weight excluding hydrogens is 393 g/mol. The molecule has 0 aliphatic carbocycles. The Bertz CT molecular complexity index is 1040. The summed E-state index contributed by atoms with van der Waals surface area (Å²) in [5.74, 6) is 0.670. The van der Waals surface area contributed by atoms with Crippen LogP contribution in [0.4, 0.5) is 4.39 Å². The zero-order valence-electron chi connectivity index (χ0n) is 18.2. The molecule has 6 heteroatoms. The Morgan fingerprint density at radius 3 is 2.74 bits per heavy atom. The molecule has 4 rings (SSSR count). The summed E-state index contributed by atoms with van der Waals surface area (Å²) in [7, 11) is 1.70. The van der Waals surface area contributed by atoms with E-state index in [1.165, 1.54) is 17.7 Å². The van der Waals surface area contributed by atoms with E-state index >= 15 is 0 Å². The molecule has 1 fully saturated rings. The zero-order valence-corrected chi connectivity index (χ0v) is 18.2. The summed E-state index contributed by atoms with van der Waals surface area (Å²) in [6.45, 7) is 6.63. The number of methoxy groups -OCH3 is 1. The third-order valence-corrected chi connectivity index (χ3v) is 6.09. The average molecular weight is 424 g/mol. The number of aryl methyl sites for hydroxylation is 1. The molecule has 5 nitrogen and oxygen atoms in total. The molecule has 3 aromatic rings. The molecule has 31 heavy (non-hydrogen) atoms. The van der Waals surface area contributed by atoms with Crippen molar-refractivity contribution in [1.82, 2.24) is 14.8 Å². The first-order valence-corrected chi connectivity index (χ1v) is 10.8. The van der Waals surface area contributed by atoms with Gasteiger partial charge in [-0.3, -0.25) is 14.8 Å². The molecule has 0 bridgehead atoms. The van der Waals surface area contributed by atoms with E-state index in [4.69, 9.17) is 9.72 Å². The van der Waals surface area contributed by atoms with Crippen molar-refractivity contribution in [3.8, 4) is 5.75 Å². The summed E-state index contributed by atoms with van der Waals surface area (Å²) in [6.07, 6.45) is 0.746. The molecule has 1 atom stereocenters. The number of aromatic nitrogens is 1. The summed E-state index contributed by atoms with van der Waals surface area (Å²) in [4.78, 5) is 9.57. The van der Waals surface area contributed by atoms with Gasteiger partial charge in [-0.2, -0.15) is 0 Å². The van der Waals surface area contributed by atoms with Gasteiger partial charge in [-0.15, -0.1) is 0 Å². The fourth-order valence-corrected chi connectivity index (χ4v) is 4.46. The van der Waals surface area contributed by atoms with Crippen molar-refractivity contribution < 1.29 is 14.2 Å². The average Bonchev–Trinajstić information content (AvgIpc) is 2.76. The summed E-state index contributed by atoms with van der Waals surface area (Å²) in [6, 6.07) is 15.2. The van der Waals surface area contributed by atoms with Crippen molar-refractivity contribution >= 4 is 10.9 Å². The Balaban J connectivity index is 1.42. The second kappa shape index (κ2) is 9.73. The lowest BCUT2D eigenvalue weighted by molar-refractivity contribution is 0.0494. The number of nitrogens with zero attached hydrogens (tertiary/aromatic N) is 3. The number of halogens is 1. The predicted molar refractivity (Wildman–Crippen MR) is 121 cm³/mol. The monoisotopic (exact) mass is 423 g/mol. The van der Waals surface area contributed by atoms with Crippen molar-refractivity contribution in [3.63, 3.8) is 0 Å². The number of aliphatic hydroxyl groups excluding tert-OH is 1.